The van der Waals surface area contributed by atoms with Crippen molar-refractivity contribution in [1.29, 1.82) is 0 Å². The van der Waals surface area contributed by atoms with Gasteiger partial charge in [-0.05, 0) is 47.6 Å². The van der Waals surface area contributed by atoms with Gasteiger partial charge in [0.05, 0.1) is 36.5 Å². The van der Waals surface area contributed by atoms with Crippen molar-refractivity contribution in [3.63, 3.8) is 0 Å². The highest BCUT2D eigenvalue weighted by Gasteiger charge is 2.17. The molecule has 0 fully saturated rings. The van der Waals surface area contributed by atoms with E-state index in [1.165, 1.54) is 11.3 Å². The van der Waals surface area contributed by atoms with Crippen molar-refractivity contribution in [2.24, 2.45) is 0 Å². The Balaban J connectivity index is 1.30. The highest BCUT2D eigenvalue weighted by Crippen LogP contribution is 2.38. The molecule has 0 N–H and O–H groups in total. The lowest BCUT2D eigenvalue weighted by Crippen LogP contribution is -1.97. The van der Waals surface area contributed by atoms with Gasteiger partial charge in [-0.25, -0.2) is 9.50 Å². The number of ether oxygens (including phenoxy) is 3. The largest absolute Gasteiger partial charge is 0.496 e. The Morgan fingerprint density at radius 1 is 1.08 bits per heavy atom. The van der Waals surface area contributed by atoms with Gasteiger partial charge in [-0.15, -0.1) is 5.10 Å². The van der Waals surface area contributed by atoms with Crippen LogP contribution >= 0.6 is 22.9 Å². The monoisotopic (exact) mass is 532 g/mol. The van der Waals surface area contributed by atoms with E-state index in [2.05, 4.69) is 21.1 Å². The smallest absolute Gasteiger partial charge is 0.294 e. The van der Waals surface area contributed by atoms with E-state index in [9.17, 15) is 0 Å². The van der Waals surface area contributed by atoms with E-state index in [0.717, 1.165) is 27.8 Å². The Hall–Kier alpha value is -4.08. The van der Waals surface area contributed by atoms with Crippen molar-refractivity contribution in [1.82, 2.24) is 19.6 Å². The lowest BCUT2D eigenvalue weighted by Gasteiger charge is -2.11. The Morgan fingerprint density at radius 2 is 1.97 bits per heavy atom. The number of aromatic nitrogens is 4. The topological polar surface area (TPSA) is 83.9 Å². The molecule has 4 heterocycles. The summed E-state index contributed by atoms with van der Waals surface area (Å²) in [6, 6.07) is 15.6. The van der Waals surface area contributed by atoms with E-state index in [-0.39, 0.29) is 0 Å². The number of aryl methyl sites for hydroxylation is 1. The zero-order valence-electron chi connectivity index (χ0n) is 20.2. The fourth-order valence-electron chi connectivity index (χ4n) is 4.14. The predicted octanol–water partition coefficient (Wildman–Crippen LogP) is 6.82. The van der Waals surface area contributed by atoms with E-state index >= 15 is 0 Å². The van der Waals surface area contributed by atoms with E-state index in [4.69, 9.17) is 30.2 Å². The summed E-state index contributed by atoms with van der Waals surface area (Å²) in [5.74, 6) is 1.89. The number of pyridine rings is 1. The molecule has 186 valence electrons. The molecule has 2 aromatic carbocycles. The molecule has 0 amide bonds. The van der Waals surface area contributed by atoms with E-state index < -0.39 is 0 Å². The summed E-state index contributed by atoms with van der Waals surface area (Å²) in [4.78, 5) is 9.84. The minimum absolute atomic E-state index is 0.354. The number of hydrogen-bond donors (Lipinski definition) is 0. The average molecular weight is 533 g/mol. The van der Waals surface area contributed by atoms with Crippen LogP contribution in [0.2, 0.25) is 5.02 Å². The van der Waals surface area contributed by atoms with E-state index in [0.29, 0.717) is 50.3 Å². The van der Waals surface area contributed by atoms with Gasteiger partial charge in [-0.1, -0.05) is 29.8 Å². The van der Waals surface area contributed by atoms with Crippen LogP contribution in [0.1, 0.15) is 11.1 Å². The Kier molecular flexibility index (Phi) is 5.94. The van der Waals surface area contributed by atoms with Gasteiger partial charge in [0.25, 0.3) is 5.19 Å². The molecule has 37 heavy (non-hydrogen) atoms. The first-order valence-corrected chi connectivity index (χ1v) is 12.6. The van der Waals surface area contributed by atoms with Gasteiger partial charge in [0.2, 0.25) is 4.96 Å². The number of nitrogens with zero attached hydrogens (tertiary/aromatic N) is 4. The van der Waals surface area contributed by atoms with Crippen molar-refractivity contribution >= 4 is 38.9 Å². The molecule has 4 aromatic heterocycles. The number of furan rings is 1. The zero-order chi connectivity index (χ0) is 25.5. The number of fused-ring (bicyclic) bond motifs is 2. The molecule has 0 aliphatic rings. The van der Waals surface area contributed by atoms with Gasteiger partial charge < -0.3 is 18.6 Å². The van der Waals surface area contributed by atoms with Crippen molar-refractivity contribution in [2.45, 2.75) is 13.5 Å². The summed E-state index contributed by atoms with van der Waals surface area (Å²) in [6.07, 6.45) is 3.47. The second kappa shape index (κ2) is 9.42. The normalized spacial score (nSPS) is 11.4. The molecule has 0 bridgehead atoms. The number of rotatable bonds is 7. The lowest BCUT2D eigenvalue weighted by molar-refractivity contribution is 0.307. The highest BCUT2D eigenvalue weighted by molar-refractivity contribution is 7.18. The summed E-state index contributed by atoms with van der Waals surface area (Å²) >= 11 is 7.44. The van der Waals surface area contributed by atoms with Crippen LogP contribution in [0, 0.1) is 6.92 Å². The molecule has 6 aromatic rings. The number of benzene rings is 2. The van der Waals surface area contributed by atoms with Gasteiger partial charge in [0.15, 0.2) is 5.76 Å². The molecule has 0 spiro atoms. The second-order valence-electron chi connectivity index (χ2n) is 8.38. The molecule has 0 aliphatic carbocycles. The van der Waals surface area contributed by atoms with Crippen molar-refractivity contribution in [3.8, 4) is 39.4 Å². The molecule has 0 radical (unpaired) electrons. The zero-order valence-corrected chi connectivity index (χ0v) is 21.8. The Morgan fingerprint density at radius 3 is 2.76 bits per heavy atom. The first kappa shape index (κ1) is 23.3. The van der Waals surface area contributed by atoms with E-state index in [1.54, 1.807) is 24.9 Å². The van der Waals surface area contributed by atoms with Gasteiger partial charge in [0, 0.05) is 23.9 Å². The lowest BCUT2D eigenvalue weighted by atomic mass is 10.0. The molecule has 0 saturated carbocycles. The van der Waals surface area contributed by atoms with Crippen LogP contribution in [0.25, 0.3) is 38.6 Å². The second-order valence-corrected chi connectivity index (χ2v) is 9.74. The summed E-state index contributed by atoms with van der Waals surface area (Å²) in [6.45, 7) is 2.35. The summed E-state index contributed by atoms with van der Waals surface area (Å²) < 4.78 is 24.8. The van der Waals surface area contributed by atoms with Crippen LogP contribution < -0.4 is 14.2 Å². The maximum Gasteiger partial charge on any atom is 0.294 e. The fourth-order valence-corrected chi connectivity index (χ4v) is 5.05. The standard InChI is InChI=1S/C27H21ClN4O4S/c1-15-7-18(28)12-29-25(15)17-6-4-5-16(8-17)14-35-22-9-19(33-2)10-23-20(22)11-24(36-23)21-13-32-26(30-21)37-27(31-32)34-3/h4-13H,14H2,1-3H3. The summed E-state index contributed by atoms with van der Waals surface area (Å²) in [5.41, 5.74) is 5.21. The van der Waals surface area contributed by atoms with E-state index in [1.807, 2.05) is 55.6 Å². The van der Waals surface area contributed by atoms with Crippen LogP contribution in [0.15, 0.2) is 65.3 Å². The van der Waals surface area contributed by atoms with Crippen molar-refractivity contribution in [2.75, 3.05) is 14.2 Å². The predicted molar refractivity (Wildman–Crippen MR) is 143 cm³/mol. The molecular formula is C27H21ClN4O4S. The molecule has 0 atom stereocenters. The molecule has 10 heteroatoms. The maximum atomic E-state index is 6.28. The fraction of sp³-hybridized carbons (Fsp3) is 0.148. The molecule has 6 rings (SSSR count). The molecular weight excluding hydrogens is 512 g/mol. The van der Waals surface area contributed by atoms with Crippen molar-refractivity contribution in [3.05, 3.63) is 77.1 Å². The molecule has 8 nitrogen and oxygen atoms in total. The first-order valence-electron chi connectivity index (χ1n) is 11.4. The Labute approximate surface area is 221 Å². The number of hydrogen-bond acceptors (Lipinski definition) is 8. The minimum atomic E-state index is 0.354. The molecule has 0 unspecified atom stereocenters. The van der Waals surface area contributed by atoms with Gasteiger partial charge in [-0.3, -0.25) is 4.98 Å². The highest BCUT2D eigenvalue weighted by atomic mass is 35.5. The van der Waals surface area contributed by atoms with Gasteiger partial charge in [0.1, 0.15) is 29.4 Å². The average Bonchev–Trinajstić information content (AvgIpc) is 3.60. The number of halogens is 1. The minimum Gasteiger partial charge on any atom is -0.496 e. The van der Waals surface area contributed by atoms with Crippen molar-refractivity contribution < 1.29 is 18.6 Å². The summed E-state index contributed by atoms with van der Waals surface area (Å²) in [5, 5.41) is 6.32. The summed E-state index contributed by atoms with van der Waals surface area (Å²) in [7, 11) is 3.20. The molecule has 0 saturated heterocycles. The number of methoxy groups -OCH3 is 2. The SMILES string of the molecule is COc1cc(OCc2cccc(-c3ncc(Cl)cc3C)c2)c2cc(-c3cn4nc(OC)sc4n3)oc2c1. The van der Waals surface area contributed by atoms with Gasteiger partial charge in [-0.2, -0.15) is 0 Å². The maximum absolute atomic E-state index is 6.28. The Bertz CT molecular complexity index is 1730. The third kappa shape index (κ3) is 4.47. The van der Waals surface area contributed by atoms with Crippen LogP contribution in [-0.2, 0) is 6.61 Å². The number of imidazole rings is 1. The van der Waals surface area contributed by atoms with Gasteiger partial charge >= 0.3 is 0 Å². The first-order chi connectivity index (χ1) is 18.0. The third-order valence-corrected chi connectivity index (χ3v) is 6.99. The van der Waals surface area contributed by atoms with Crippen LogP contribution in [0.5, 0.6) is 16.7 Å². The quantitative estimate of drug-likeness (QED) is 0.223. The third-order valence-electron chi connectivity index (χ3n) is 5.90. The van der Waals surface area contributed by atoms with Crippen LogP contribution in [0.3, 0.4) is 0 Å². The van der Waals surface area contributed by atoms with Crippen LogP contribution in [0.4, 0.5) is 0 Å². The molecule has 0 aliphatic heterocycles. The van der Waals surface area contributed by atoms with Crippen LogP contribution in [-0.4, -0.2) is 33.8 Å².